The van der Waals surface area contributed by atoms with Gasteiger partial charge in [-0.1, -0.05) is 36.4 Å². The van der Waals surface area contributed by atoms with Crippen LogP contribution < -0.4 is 43.1 Å². The van der Waals surface area contributed by atoms with Crippen LogP contribution in [0.1, 0.15) is 33.7 Å². The standard InChI is InChI=1S/C24H26N2O2.2BrH/c1-19-7-3-5-15-25(19)17-23(27)14-11-21-9-12-22(13-10-21)24(28)18-26-16-6-4-8-20(26)2;;/h3-10,12-13,15-16H,11,14,17-18H2,1-2H3;2*1H/q+2;;/p-2. The highest BCUT2D eigenvalue weighted by Gasteiger charge is 2.15. The first-order valence-corrected chi connectivity index (χ1v) is 9.57. The molecule has 1 aromatic carbocycles. The molecule has 0 saturated carbocycles. The smallest absolute Gasteiger partial charge is 0.227 e. The molecule has 6 heteroatoms. The van der Waals surface area contributed by atoms with E-state index < -0.39 is 0 Å². The minimum atomic E-state index is 0. The van der Waals surface area contributed by atoms with Crippen LogP contribution >= 0.6 is 0 Å². The van der Waals surface area contributed by atoms with Crippen molar-refractivity contribution in [2.45, 2.75) is 39.8 Å². The lowest BCUT2D eigenvalue weighted by molar-refractivity contribution is -0.690. The summed E-state index contributed by atoms with van der Waals surface area (Å²) >= 11 is 0. The normalized spacial score (nSPS) is 9.93. The van der Waals surface area contributed by atoms with Gasteiger partial charge in [0.1, 0.15) is 0 Å². The van der Waals surface area contributed by atoms with Crippen LogP contribution in [-0.4, -0.2) is 11.6 Å². The number of ketones is 2. The number of nitrogens with zero attached hydrogens (tertiary/aromatic N) is 2. The number of benzene rings is 1. The Morgan fingerprint density at radius 2 is 1.27 bits per heavy atom. The first-order valence-electron chi connectivity index (χ1n) is 9.57. The number of aromatic nitrogens is 2. The van der Waals surface area contributed by atoms with Crippen molar-refractivity contribution in [2.75, 3.05) is 0 Å². The van der Waals surface area contributed by atoms with E-state index in [2.05, 4.69) is 0 Å². The quantitative estimate of drug-likeness (QED) is 0.228. The lowest BCUT2D eigenvalue weighted by Crippen LogP contribution is -3.00. The molecule has 0 aliphatic rings. The van der Waals surface area contributed by atoms with Crippen molar-refractivity contribution in [3.05, 3.63) is 95.6 Å². The Morgan fingerprint density at radius 3 is 1.80 bits per heavy atom. The van der Waals surface area contributed by atoms with Crippen LogP contribution in [0.4, 0.5) is 0 Å². The highest BCUT2D eigenvalue weighted by molar-refractivity contribution is 5.95. The molecule has 0 aliphatic carbocycles. The number of Topliss-reactive ketones (excluding diaryl/α,β-unsaturated/α-hetero) is 2. The van der Waals surface area contributed by atoms with Crippen molar-refractivity contribution in [3.8, 4) is 0 Å². The lowest BCUT2D eigenvalue weighted by Gasteiger charge is -2.04. The van der Waals surface area contributed by atoms with Crippen molar-refractivity contribution >= 4 is 11.6 Å². The summed E-state index contributed by atoms with van der Waals surface area (Å²) < 4.78 is 3.91. The summed E-state index contributed by atoms with van der Waals surface area (Å²) in [6.07, 6.45) is 5.03. The molecule has 2 aromatic heterocycles. The maximum atomic E-state index is 12.5. The maximum Gasteiger partial charge on any atom is 0.227 e. The average Bonchev–Trinajstić information content (AvgIpc) is 2.70. The Hall–Kier alpha value is -2.18. The molecular formula is C24H26Br2N2O2. The molecule has 0 amide bonds. The van der Waals surface area contributed by atoms with E-state index in [1.54, 1.807) is 0 Å². The van der Waals surface area contributed by atoms with Crippen LogP contribution in [0.3, 0.4) is 0 Å². The van der Waals surface area contributed by atoms with Crippen molar-refractivity contribution in [3.63, 3.8) is 0 Å². The number of rotatable bonds is 8. The first-order chi connectivity index (χ1) is 13.5. The minimum Gasteiger partial charge on any atom is -1.00 e. The summed E-state index contributed by atoms with van der Waals surface area (Å²) in [5.41, 5.74) is 3.90. The fraction of sp³-hybridized carbons (Fsp3) is 0.250. The van der Waals surface area contributed by atoms with Gasteiger partial charge in [-0.2, -0.15) is 9.13 Å². The zero-order valence-electron chi connectivity index (χ0n) is 17.2. The fourth-order valence-corrected chi connectivity index (χ4v) is 3.13. The molecule has 2 heterocycles. The number of carbonyl (C=O) groups excluding carboxylic acids is 2. The molecule has 0 atom stereocenters. The Kier molecular flexibility index (Phi) is 10.8. The second-order valence-corrected chi connectivity index (χ2v) is 7.10. The van der Waals surface area contributed by atoms with E-state index in [4.69, 9.17) is 0 Å². The minimum absolute atomic E-state index is 0. The molecule has 3 aromatic rings. The Morgan fingerprint density at radius 1 is 0.733 bits per heavy atom. The van der Waals surface area contributed by atoms with E-state index in [1.165, 1.54) is 0 Å². The molecule has 3 rings (SSSR count). The van der Waals surface area contributed by atoms with Crippen LogP contribution in [-0.2, 0) is 24.3 Å². The van der Waals surface area contributed by atoms with Gasteiger partial charge in [-0.15, -0.1) is 0 Å². The van der Waals surface area contributed by atoms with Crippen LogP contribution in [0.2, 0.25) is 0 Å². The van der Waals surface area contributed by atoms with Gasteiger partial charge in [-0.25, -0.2) is 0 Å². The largest absolute Gasteiger partial charge is 1.00 e. The average molecular weight is 534 g/mol. The topological polar surface area (TPSA) is 41.9 Å². The van der Waals surface area contributed by atoms with Crippen LogP contribution in [0, 0.1) is 13.8 Å². The third-order valence-electron chi connectivity index (χ3n) is 4.96. The van der Waals surface area contributed by atoms with Crippen molar-refractivity contribution in [1.29, 1.82) is 0 Å². The number of carbonyl (C=O) groups is 2. The van der Waals surface area contributed by atoms with Crippen molar-refractivity contribution in [2.24, 2.45) is 0 Å². The zero-order chi connectivity index (χ0) is 19.9. The molecule has 0 spiro atoms. The van der Waals surface area contributed by atoms with Gasteiger partial charge in [0, 0.05) is 50.1 Å². The maximum absolute atomic E-state index is 12.5. The third kappa shape index (κ3) is 7.26. The van der Waals surface area contributed by atoms with E-state index in [1.807, 2.05) is 96.0 Å². The van der Waals surface area contributed by atoms with Gasteiger partial charge < -0.3 is 34.0 Å². The molecule has 158 valence electrons. The molecule has 0 radical (unpaired) electrons. The number of aryl methyl sites for hydroxylation is 3. The number of hydrogen-bond acceptors (Lipinski definition) is 2. The molecule has 0 saturated heterocycles. The molecule has 0 aliphatic heterocycles. The number of halogens is 2. The molecule has 0 N–H and O–H groups in total. The Bertz CT molecular complexity index is 989. The number of hydrogen-bond donors (Lipinski definition) is 0. The third-order valence-corrected chi connectivity index (χ3v) is 4.96. The summed E-state index contributed by atoms with van der Waals surface area (Å²) in [5.74, 6) is 0.285. The predicted molar refractivity (Wildman–Crippen MR) is 107 cm³/mol. The van der Waals surface area contributed by atoms with Crippen LogP contribution in [0.5, 0.6) is 0 Å². The highest BCUT2D eigenvalue weighted by Crippen LogP contribution is 2.08. The zero-order valence-corrected chi connectivity index (χ0v) is 20.4. The molecule has 0 bridgehead atoms. The Balaban J connectivity index is 0.00000225. The summed E-state index contributed by atoms with van der Waals surface area (Å²) in [7, 11) is 0. The summed E-state index contributed by atoms with van der Waals surface area (Å²) in [6, 6.07) is 19.4. The SMILES string of the molecule is Cc1cccc[n+]1CC(=O)CCc1ccc(C(=O)C[n+]2ccccc2C)cc1.[Br-].[Br-]. The molecule has 0 unspecified atom stereocenters. The van der Waals surface area contributed by atoms with E-state index >= 15 is 0 Å². The van der Waals surface area contributed by atoms with Crippen LogP contribution in [0.15, 0.2) is 73.1 Å². The molecule has 0 fully saturated rings. The second-order valence-electron chi connectivity index (χ2n) is 7.10. The van der Waals surface area contributed by atoms with Crippen molar-refractivity contribution in [1.82, 2.24) is 0 Å². The lowest BCUT2D eigenvalue weighted by atomic mass is 10.0. The second kappa shape index (κ2) is 12.5. The molecule has 30 heavy (non-hydrogen) atoms. The summed E-state index contributed by atoms with van der Waals surface area (Å²) in [4.78, 5) is 24.8. The van der Waals surface area contributed by atoms with Gasteiger partial charge in [-0.05, 0) is 12.0 Å². The van der Waals surface area contributed by atoms with E-state index in [-0.39, 0.29) is 45.5 Å². The van der Waals surface area contributed by atoms with Gasteiger partial charge in [0.15, 0.2) is 29.6 Å². The number of pyridine rings is 2. The van der Waals surface area contributed by atoms with E-state index in [0.717, 1.165) is 17.0 Å². The summed E-state index contributed by atoms with van der Waals surface area (Å²) in [5, 5.41) is 0. The van der Waals surface area contributed by atoms with Gasteiger partial charge >= 0.3 is 0 Å². The van der Waals surface area contributed by atoms with Gasteiger partial charge in [0.25, 0.3) is 0 Å². The summed E-state index contributed by atoms with van der Waals surface area (Å²) in [6.45, 7) is 4.72. The van der Waals surface area contributed by atoms with Gasteiger partial charge in [0.2, 0.25) is 18.9 Å². The van der Waals surface area contributed by atoms with Crippen molar-refractivity contribution < 1.29 is 52.7 Å². The van der Waals surface area contributed by atoms with Crippen LogP contribution in [0.25, 0.3) is 0 Å². The van der Waals surface area contributed by atoms with E-state index in [0.29, 0.717) is 31.5 Å². The van der Waals surface area contributed by atoms with Gasteiger partial charge in [-0.3, -0.25) is 9.59 Å². The molecular weight excluding hydrogens is 508 g/mol. The van der Waals surface area contributed by atoms with Gasteiger partial charge in [0.05, 0.1) is 0 Å². The highest BCUT2D eigenvalue weighted by atomic mass is 79.9. The monoisotopic (exact) mass is 532 g/mol. The predicted octanol–water partition coefficient (Wildman–Crippen LogP) is -3.03. The van der Waals surface area contributed by atoms with E-state index in [9.17, 15) is 9.59 Å². The first kappa shape index (κ1) is 25.9. The fourth-order valence-electron chi connectivity index (χ4n) is 3.13. The molecule has 4 nitrogen and oxygen atoms in total. The Labute approximate surface area is 199 Å².